The number of aryl methyl sites for hydroxylation is 1. The van der Waals surface area contributed by atoms with Crippen LogP contribution in [0.4, 0.5) is 0 Å². The highest BCUT2D eigenvalue weighted by molar-refractivity contribution is 7.12. The molecule has 0 radical (unpaired) electrons. The molecule has 0 aliphatic rings. The minimum Gasteiger partial charge on any atom is -0.309 e. The lowest BCUT2D eigenvalue weighted by Gasteiger charge is -2.18. The summed E-state index contributed by atoms with van der Waals surface area (Å²) in [5.74, 6) is 0.798. The molecule has 0 fully saturated rings. The van der Waals surface area contributed by atoms with Crippen molar-refractivity contribution < 1.29 is 0 Å². The first-order valence-corrected chi connectivity index (χ1v) is 7.81. The smallest absolute Gasteiger partial charge is 0.0414 e. The summed E-state index contributed by atoms with van der Waals surface area (Å²) in [6.45, 7) is 10.2. The molecule has 0 bridgehead atoms. The first-order chi connectivity index (χ1) is 8.17. The molecule has 1 unspecified atom stereocenters. The Morgan fingerprint density at radius 3 is 2.47 bits per heavy atom. The highest BCUT2D eigenvalue weighted by atomic mass is 32.1. The van der Waals surface area contributed by atoms with Gasteiger partial charge in [0.05, 0.1) is 0 Å². The lowest BCUT2D eigenvalue weighted by atomic mass is 10.0. The largest absolute Gasteiger partial charge is 0.309 e. The Hall–Kier alpha value is -0.340. The third kappa shape index (κ3) is 5.22. The van der Waals surface area contributed by atoms with Gasteiger partial charge in [0.1, 0.15) is 0 Å². The van der Waals surface area contributed by atoms with Crippen LogP contribution in [-0.4, -0.2) is 6.54 Å². The van der Waals surface area contributed by atoms with Crippen LogP contribution in [0.3, 0.4) is 0 Å². The average molecular weight is 253 g/mol. The van der Waals surface area contributed by atoms with Crippen molar-refractivity contribution in [1.82, 2.24) is 5.32 Å². The van der Waals surface area contributed by atoms with Crippen LogP contribution in [0.1, 0.15) is 62.8 Å². The molecular formula is C15H27NS. The molecular weight excluding hydrogens is 226 g/mol. The van der Waals surface area contributed by atoms with Gasteiger partial charge in [0, 0.05) is 15.8 Å². The summed E-state index contributed by atoms with van der Waals surface area (Å²) in [5.41, 5.74) is 0. The third-order valence-electron chi connectivity index (χ3n) is 3.05. The lowest BCUT2D eigenvalue weighted by molar-refractivity contribution is 0.445. The molecule has 0 saturated heterocycles. The zero-order valence-corrected chi connectivity index (χ0v) is 12.6. The third-order valence-corrected chi connectivity index (χ3v) is 4.39. The Morgan fingerprint density at radius 2 is 1.94 bits per heavy atom. The topological polar surface area (TPSA) is 12.0 Å². The quantitative estimate of drug-likeness (QED) is 0.702. The molecule has 0 saturated carbocycles. The van der Waals surface area contributed by atoms with Crippen molar-refractivity contribution in [3.63, 3.8) is 0 Å². The summed E-state index contributed by atoms with van der Waals surface area (Å²) < 4.78 is 0. The van der Waals surface area contributed by atoms with Gasteiger partial charge in [-0.05, 0) is 50.3 Å². The van der Waals surface area contributed by atoms with Gasteiger partial charge in [0.15, 0.2) is 0 Å². The number of nitrogens with one attached hydrogen (secondary N) is 1. The zero-order chi connectivity index (χ0) is 12.7. The summed E-state index contributed by atoms with van der Waals surface area (Å²) in [5, 5.41) is 3.69. The van der Waals surface area contributed by atoms with Crippen LogP contribution < -0.4 is 5.32 Å². The van der Waals surface area contributed by atoms with E-state index in [-0.39, 0.29) is 0 Å². The summed E-state index contributed by atoms with van der Waals surface area (Å²) in [7, 11) is 0. The maximum atomic E-state index is 3.69. The van der Waals surface area contributed by atoms with Crippen molar-refractivity contribution in [2.75, 3.05) is 6.54 Å². The molecule has 1 aromatic heterocycles. The molecule has 0 aliphatic carbocycles. The van der Waals surface area contributed by atoms with E-state index in [0.29, 0.717) is 6.04 Å². The van der Waals surface area contributed by atoms with Crippen LogP contribution in [0.25, 0.3) is 0 Å². The number of rotatable bonds is 8. The highest BCUT2D eigenvalue weighted by Crippen LogP contribution is 2.28. The number of hydrogen-bond donors (Lipinski definition) is 1. The zero-order valence-electron chi connectivity index (χ0n) is 11.8. The van der Waals surface area contributed by atoms with Crippen LogP contribution in [0.2, 0.25) is 0 Å². The average Bonchev–Trinajstić information content (AvgIpc) is 2.77. The van der Waals surface area contributed by atoms with Crippen molar-refractivity contribution in [3.05, 3.63) is 21.9 Å². The molecule has 0 amide bonds. The molecule has 1 N–H and O–H groups in total. The Labute approximate surface area is 111 Å². The summed E-state index contributed by atoms with van der Waals surface area (Å²) in [6.07, 6.45) is 4.95. The van der Waals surface area contributed by atoms with Gasteiger partial charge in [-0.15, -0.1) is 11.3 Å². The van der Waals surface area contributed by atoms with Crippen molar-refractivity contribution in [1.29, 1.82) is 0 Å². The van der Waals surface area contributed by atoms with Gasteiger partial charge >= 0.3 is 0 Å². The predicted octanol–water partition coefficient (Wildman–Crippen LogP) is 4.79. The molecule has 1 aromatic rings. The number of thiophene rings is 1. The fourth-order valence-corrected chi connectivity index (χ4v) is 3.00. The molecule has 0 spiro atoms. The number of hydrogen-bond acceptors (Lipinski definition) is 2. The molecule has 1 atom stereocenters. The second-order valence-electron chi connectivity index (χ2n) is 5.14. The van der Waals surface area contributed by atoms with E-state index in [9.17, 15) is 0 Å². The van der Waals surface area contributed by atoms with E-state index in [1.54, 1.807) is 0 Å². The Kier molecular flexibility index (Phi) is 6.83. The van der Waals surface area contributed by atoms with Crippen molar-refractivity contribution >= 4 is 11.3 Å². The highest BCUT2D eigenvalue weighted by Gasteiger charge is 2.13. The maximum Gasteiger partial charge on any atom is 0.0414 e. The Balaban J connectivity index is 2.60. The first kappa shape index (κ1) is 14.7. The standard InChI is InChI=1S/C15H27NS/c1-5-11-16-14(9-7-12(3)4)15-10-8-13(6-2)17-15/h8,10,12,14,16H,5-7,9,11H2,1-4H3. The van der Waals surface area contributed by atoms with Gasteiger partial charge in [-0.1, -0.05) is 27.7 Å². The van der Waals surface area contributed by atoms with Crippen molar-refractivity contribution in [2.24, 2.45) is 5.92 Å². The van der Waals surface area contributed by atoms with E-state index in [2.05, 4.69) is 45.1 Å². The van der Waals surface area contributed by atoms with Crippen molar-refractivity contribution in [2.45, 2.75) is 59.4 Å². The van der Waals surface area contributed by atoms with Crippen LogP contribution in [0.15, 0.2) is 12.1 Å². The SMILES string of the molecule is CCCNC(CCC(C)C)c1ccc(CC)s1. The fourth-order valence-electron chi connectivity index (χ4n) is 1.94. The molecule has 2 heteroatoms. The van der Waals surface area contributed by atoms with Crippen LogP contribution in [0, 0.1) is 5.92 Å². The van der Waals surface area contributed by atoms with Gasteiger partial charge in [0.2, 0.25) is 0 Å². The summed E-state index contributed by atoms with van der Waals surface area (Å²) in [4.78, 5) is 3.03. The monoisotopic (exact) mass is 253 g/mol. The van der Waals surface area contributed by atoms with E-state index >= 15 is 0 Å². The minimum absolute atomic E-state index is 0.572. The fraction of sp³-hybridized carbons (Fsp3) is 0.733. The van der Waals surface area contributed by atoms with E-state index in [1.165, 1.54) is 29.0 Å². The minimum atomic E-state index is 0.572. The predicted molar refractivity (Wildman–Crippen MR) is 78.8 cm³/mol. The van der Waals surface area contributed by atoms with E-state index in [4.69, 9.17) is 0 Å². The second-order valence-corrected chi connectivity index (χ2v) is 6.34. The van der Waals surface area contributed by atoms with Gasteiger partial charge in [-0.3, -0.25) is 0 Å². The van der Waals surface area contributed by atoms with E-state index < -0.39 is 0 Å². The van der Waals surface area contributed by atoms with Gasteiger partial charge < -0.3 is 5.32 Å². The van der Waals surface area contributed by atoms with E-state index in [0.717, 1.165) is 18.9 Å². The first-order valence-electron chi connectivity index (χ1n) is 6.99. The summed E-state index contributed by atoms with van der Waals surface area (Å²) in [6, 6.07) is 5.18. The van der Waals surface area contributed by atoms with E-state index in [1.807, 2.05) is 11.3 Å². The molecule has 0 aliphatic heterocycles. The lowest BCUT2D eigenvalue weighted by Crippen LogP contribution is -2.21. The molecule has 98 valence electrons. The Morgan fingerprint density at radius 1 is 1.18 bits per heavy atom. The van der Waals surface area contributed by atoms with Gasteiger partial charge in [-0.2, -0.15) is 0 Å². The molecule has 1 nitrogen and oxygen atoms in total. The normalized spacial score (nSPS) is 13.2. The second kappa shape index (κ2) is 7.88. The van der Waals surface area contributed by atoms with Gasteiger partial charge in [0.25, 0.3) is 0 Å². The van der Waals surface area contributed by atoms with Crippen LogP contribution in [-0.2, 0) is 6.42 Å². The molecule has 1 heterocycles. The molecule has 1 rings (SSSR count). The Bertz CT molecular complexity index is 304. The molecule has 0 aromatic carbocycles. The van der Waals surface area contributed by atoms with Crippen LogP contribution >= 0.6 is 11.3 Å². The molecule has 17 heavy (non-hydrogen) atoms. The van der Waals surface area contributed by atoms with Crippen LogP contribution in [0.5, 0.6) is 0 Å². The maximum absolute atomic E-state index is 3.69. The van der Waals surface area contributed by atoms with Gasteiger partial charge in [-0.25, -0.2) is 0 Å². The summed E-state index contributed by atoms with van der Waals surface area (Å²) >= 11 is 1.98. The van der Waals surface area contributed by atoms with Crippen molar-refractivity contribution in [3.8, 4) is 0 Å².